The summed E-state index contributed by atoms with van der Waals surface area (Å²) in [6.07, 6.45) is 5.33. The summed E-state index contributed by atoms with van der Waals surface area (Å²) >= 11 is 3.30. The molecule has 2 fully saturated rings. The first-order valence-corrected chi connectivity index (χ1v) is 10.7. The Balaban J connectivity index is 1.32. The fourth-order valence-corrected chi connectivity index (χ4v) is 5.96. The maximum Gasteiger partial charge on any atom is 0.248 e. The van der Waals surface area contributed by atoms with Crippen molar-refractivity contribution in [2.75, 3.05) is 11.1 Å². The third-order valence-corrected chi connectivity index (χ3v) is 7.56. The Hall–Kier alpha value is -2.32. The number of nitrogens with zero attached hydrogens (tertiary/aromatic N) is 3. The van der Waals surface area contributed by atoms with Crippen molar-refractivity contribution < 1.29 is 9.59 Å². The maximum atomic E-state index is 12.8. The lowest BCUT2D eigenvalue weighted by molar-refractivity contribution is -0.135. The number of carbonyl (C=O) groups is 2. The summed E-state index contributed by atoms with van der Waals surface area (Å²) in [7, 11) is 0. The second-order valence-corrected chi connectivity index (χ2v) is 9.43. The summed E-state index contributed by atoms with van der Waals surface area (Å²) in [6.45, 7) is 2.06. The van der Waals surface area contributed by atoms with E-state index in [1.807, 2.05) is 46.4 Å². The van der Waals surface area contributed by atoms with Crippen LogP contribution in [-0.4, -0.2) is 42.8 Å². The van der Waals surface area contributed by atoms with Gasteiger partial charge in [-0.25, -0.2) is 4.98 Å². The van der Waals surface area contributed by atoms with Crippen molar-refractivity contribution >= 4 is 45.6 Å². The third kappa shape index (κ3) is 2.74. The van der Waals surface area contributed by atoms with Gasteiger partial charge in [0.1, 0.15) is 6.04 Å². The zero-order valence-electron chi connectivity index (χ0n) is 14.7. The van der Waals surface area contributed by atoms with Gasteiger partial charge in [0.2, 0.25) is 11.8 Å². The molecule has 6 nitrogen and oxygen atoms in total. The molecule has 4 heterocycles. The minimum Gasteiger partial charge on any atom is -0.324 e. The van der Waals surface area contributed by atoms with Gasteiger partial charge in [0, 0.05) is 41.2 Å². The minimum absolute atomic E-state index is 0.0812. The second-order valence-electron chi connectivity index (χ2n) is 7.05. The van der Waals surface area contributed by atoms with Crippen LogP contribution in [0, 0.1) is 0 Å². The minimum atomic E-state index is -0.394. The predicted molar refractivity (Wildman–Crippen MR) is 108 cm³/mol. The number of nitrogens with one attached hydrogen (secondary N) is 1. The number of amides is 2. The van der Waals surface area contributed by atoms with Gasteiger partial charge in [0.05, 0.1) is 10.6 Å². The van der Waals surface area contributed by atoms with Crippen LogP contribution in [0.4, 0.5) is 5.69 Å². The maximum absolute atomic E-state index is 12.8. The fourth-order valence-electron chi connectivity index (χ4n) is 3.83. The van der Waals surface area contributed by atoms with E-state index in [1.54, 1.807) is 28.0 Å². The molecule has 0 bridgehead atoms. The van der Waals surface area contributed by atoms with Crippen molar-refractivity contribution in [3.8, 4) is 11.3 Å². The van der Waals surface area contributed by atoms with E-state index in [-0.39, 0.29) is 16.7 Å². The molecule has 3 aromatic rings. The van der Waals surface area contributed by atoms with Gasteiger partial charge in [-0.3, -0.25) is 14.0 Å². The van der Waals surface area contributed by atoms with Gasteiger partial charge in [-0.1, -0.05) is 12.1 Å². The zero-order chi connectivity index (χ0) is 18.6. The number of hydrogen-bond donors (Lipinski definition) is 1. The Bertz CT molecular complexity index is 1010. The number of aromatic nitrogens is 2. The summed E-state index contributed by atoms with van der Waals surface area (Å²) in [5.41, 5.74) is 2.64. The predicted octanol–water partition coefficient (Wildman–Crippen LogP) is 3.46. The largest absolute Gasteiger partial charge is 0.324 e. The highest BCUT2D eigenvalue weighted by Gasteiger charge is 2.52. The van der Waals surface area contributed by atoms with Crippen LogP contribution >= 0.6 is 23.1 Å². The first-order valence-electron chi connectivity index (χ1n) is 8.83. The first-order chi connectivity index (χ1) is 13.0. The topological polar surface area (TPSA) is 66.7 Å². The molecule has 2 aliphatic rings. The van der Waals surface area contributed by atoms with Crippen LogP contribution in [0.15, 0.2) is 42.0 Å². The molecule has 2 atom stereocenters. The second kappa shape index (κ2) is 6.10. The van der Waals surface area contributed by atoms with Gasteiger partial charge < -0.3 is 10.2 Å². The molecule has 0 radical (unpaired) electrons. The first kappa shape index (κ1) is 16.8. The van der Waals surface area contributed by atoms with Crippen LogP contribution in [0.2, 0.25) is 0 Å². The number of benzene rings is 1. The number of fused-ring (bicyclic) bond motifs is 2. The highest BCUT2D eigenvalue weighted by molar-refractivity contribution is 8.01. The van der Waals surface area contributed by atoms with Crippen molar-refractivity contribution in [3.05, 3.63) is 42.0 Å². The normalized spacial score (nSPS) is 24.6. The number of hydrogen-bond acceptors (Lipinski definition) is 5. The van der Waals surface area contributed by atoms with Crippen molar-refractivity contribution in [3.63, 3.8) is 0 Å². The van der Waals surface area contributed by atoms with Gasteiger partial charge in [-0.05, 0) is 25.5 Å². The van der Waals surface area contributed by atoms with Crippen molar-refractivity contribution in [1.29, 1.82) is 0 Å². The average molecular weight is 399 g/mol. The molecule has 0 unspecified atom stereocenters. The molecule has 0 saturated carbocycles. The Labute approximate surface area is 164 Å². The molecule has 0 spiro atoms. The molecule has 138 valence electrons. The highest BCUT2D eigenvalue weighted by Crippen LogP contribution is 2.47. The SMILES string of the molecule is C[C@]12CCC(=O)N1[C@@H](C(=O)Nc1ccc(-c3cn4ccsc4n3)cc1)CS2. The molecule has 5 rings (SSSR count). The van der Waals surface area contributed by atoms with E-state index in [4.69, 9.17) is 0 Å². The number of anilines is 1. The number of imidazole rings is 1. The van der Waals surface area contributed by atoms with E-state index in [2.05, 4.69) is 17.2 Å². The Kier molecular flexibility index (Phi) is 3.80. The molecule has 1 N–H and O–H groups in total. The molecular weight excluding hydrogens is 380 g/mol. The molecule has 1 aromatic carbocycles. The van der Waals surface area contributed by atoms with Gasteiger partial charge in [0.25, 0.3) is 0 Å². The van der Waals surface area contributed by atoms with Crippen LogP contribution in [0.3, 0.4) is 0 Å². The van der Waals surface area contributed by atoms with Crippen LogP contribution in [0.1, 0.15) is 19.8 Å². The summed E-state index contributed by atoms with van der Waals surface area (Å²) in [6, 6.07) is 7.28. The van der Waals surface area contributed by atoms with E-state index in [0.717, 1.165) is 28.3 Å². The van der Waals surface area contributed by atoms with Crippen LogP contribution in [0.5, 0.6) is 0 Å². The molecular formula is C19H18N4O2S2. The van der Waals surface area contributed by atoms with Crippen LogP contribution < -0.4 is 5.32 Å². The number of rotatable bonds is 3. The van der Waals surface area contributed by atoms with E-state index >= 15 is 0 Å². The Morgan fingerprint density at radius 3 is 2.93 bits per heavy atom. The highest BCUT2D eigenvalue weighted by atomic mass is 32.2. The summed E-state index contributed by atoms with van der Waals surface area (Å²) in [4.78, 5) is 32.1. The van der Waals surface area contributed by atoms with Crippen LogP contribution in [0.25, 0.3) is 16.2 Å². The van der Waals surface area contributed by atoms with E-state index in [1.165, 1.54) is 0 Å². The van der Waals surface area contributed by atoms with Crippen molar-refractivity contribution in [2.24, 2.45) is 0 Å². The zero-order valence-corrected chi connectivity index (χ0v) is 16.3. The Morgan fingerprint density at radius 1 is 1.33 bits per heavy atom. The van der Waals surface area contributed by atoms with Crippen LogP contribution in [-0.2, 0) is 9.59 Å². The standard InChI is InChI=1S/C19H18N4O2S2/c1-19-7-6-16(24)23(19)15(11-27-19)17(25)20-13-4-2-12(3-5-13)14-10-22-8-9-26-18(22)21-14/h2-5,8-10,15H,6-7,11H2,1H3,(H,20,25)/t15-,19+/m1/s1. The monoisotopic (exact) mass is 398 g/mol. The van der Waals surface area contributed by atoms with Crippen molar-refractivity contribution in [1.82, 2.24) is 14.3 Å². The molecule has 8 heteroatoms. The average Bonchev–Trinajstić information content (AvgIpc) is 3.37. The van der Waals surface area contributed by atoms with Gasteiger partial charge in [-0.2, -0.15) is 0 Å². The number of thiazole rings is 1. The number of carbonyl (C=O) groups excluding carboxylic acids is 2. The lowest BCUT2D eigenvalue weighted by Gasteiger charge is -2.29. The smallest absolute Gasteiger partial charge is 0.248 e. The quantitative estimate of drug-likeness (QED) is 0.734. The van der Waals surface area contributed by atoms with Gasteiger partial charge >= 0.3 is 0 Å². The lowest BCUT2D eigenvalue weighted by Crippen LogP contribution is -2.48. The molecule has 2 aliphatic heterocycles. The summed E-state index contributed by atoms with van der Waals surface area (Å²) < 4.78 is 2.00. The van der Waals surface area contributed by atoms with E-state index < -0.39 is 6.04 Å². The molecule has 2 amide bonds. The van der Waals surface area contributed by atoms with Gasteiger partial charge in [-0.15, -0.1) is 23.1 Å². The molecule has 2 saturated heterocycles. The summed E-state index contributed by atoms with van der Waals surface area (Å²) in [5.74, 6) is 0.617. The van der Waals surface area contributed by atoms with E-state index in [9.17, 15) is 9.59 Å². The fraction of sp³-hybridized carbons (Fsp3) is 0.316. The molecule has 2 aromatic heterocycles. The van der Waals surface area contributed by atoms with Gasteiger partial charge in [0.15, 0.2) is 4.96 Å². The third-order valence-electron chi connectivity index (χ3n) is 5.29. The van der Waals surface area contributed by atoms with Crippen molar-refractivity contribution in [2.45, 2.75) is 30.7 Å². The lowest BCUT2D eigenvalue weighted by atomic mass is 10.1. The van der Waals surface area contributed by atoms with E-state index in [0.29, 0.717) is 12.2 Å². The molecule has 0 aliphatic carbocycles. The summed E-state index contributed by atoms with van der Waals surface area (Å²) in [5, 5.41) is 4.97. The molecule has 27 heavy (non-hydrogen) atoms. The Morgan fingerprint density at radius 2 is 2.15 bits per heavy atom. The number of thioether (sulfide) groups is 1.